The van der Waals surface area contributed by atoms with Crippen molar-refractivity contribution in [2.24, 2.45) is 0 Å². The highest BCUT2D eigenvalue weighted by Gasteiger charge is 2.01. The molecule has 1 rings (SSSR count). The molecule has 0 aliphatic heterocycles. The third kappa shape index (κ3) is 4.37. The van der Waals surface area contributed by atoms with Crippen LogP contribution in [0.5, 0.6) is 5.75 Å². The molecule has 0 amide bonds. The zero-order chi connectivity index (χ0) is 10.9. The summed E-state index contributed by atoms with van der Waals surface area (Å²) < 4.78 is 5.59. The van der Waals surface area contributed by atoms with Crippen molar-refractivity contribution in [3.63, 3.8) is 0 Å². The first-order valence-corrected chi connectivity index (χ1v) is 6.09. The minimum atomic E-state index is 0.756. The average Bonchev–Trinajstić information content (AvgIpc) is 2.27. The molecule has 0 bridgehead atoms. The van der Waals surface area contributed by atoms with Crippen LogP contribution in [-0.4, -0.2) is 6.61 Å². The van der Waals surface area contributed by atoms with Crippen LogP contribution in [0, 0.1) is 0 Å². The van der Waals surface area contributed by atoms with Gasteiger partial charge in [0.15, 0.2) is 0 Å². The molecular formula is C14H22O. The van der Waals surface area contributed by atoms with Gasteiger partial charge in [0.05, 0.1) is 6.61 Å². The Kier molecular flexibility index (Phi) is 5.91. The SMILES string of the molecule is CCCCCCc1ccccc1OCC. The summed E-state index contributed by atoms with van der Waals surface area (Å²) in [5, 5.41) is 0. The fraction of sp³-hybridized carbons (Fsp3) is 0.571. The molecule has 1 nitrogen and oxygen atoms in total. The maximum atomic E-state index is 5.59. The van der Waals surface area contributed by atoms with Gasteiger partial charge in [0.25, 0.3) is 0 Å². The van der Waals surface area contributed by atoms with E-state index in [1.807, 2.05) is 13.0 Å². The molecule has 1 aromatic carbocycles. The van der Waals surface area contributed by atoms with E-state index in [0.717, 1.165) is 18.8 Å². The molecule has 0 unspecified atom stereocenters. The van der Waals surface area contributed by atoms with Crippen molar-refractivity contribution in [1.82, 2.24) is 0 Å². The Balaban J connectivity index is 2.44. The Bertz CT molecular complexity index is 268. The molecule has 0 atom stereocenters. The predicted octanol–water partition coefficient (Wildman–Crippen LogP) is 4.21. The van der Waals surface area contributed by atoms with E-state index in [0.29, 0.717) is 0 Å². The van der Waals surface area contributed by atoms with E-state index in [4.69, 9.17) is 4.74 Å². The Labute approximate surface area is 93.5 Å². The van der Waals surface area contributed by atoms with Crippen LogP contribution in [0.1, 0.15) is 45.1 Å². The molecule has 1 heteroatoms. The van der Waals surface area contributed by atoms with Gasteiger partial charge < -0.3 is 4.74 Å². The molecule has 1 aromatic rings. The van der Waals surface area contributed by atoms with Gasteiger partial charge in [-0.15, -0.1) is 0 Å². The van der Waals surface area contributed by atoms with Gasteiger partial charge in [-0.25, -0.2) is 0 Å². The Hall–Kier alpha value is -0.980. The van der Waals surface area contributed by atoms with E-state index in [1.54, 1.807) is 0 Å². The fourth-order valence-electron chi connectivity index (χ4n) is 1.75. The van der Waals surface area contributed by atoms with Crippen LogP contribution in [0.2, 0.25) is 0 Å². The van der Waals surface area contributed by atoms with Gasteiger partial charge in [-0.3, -0.25) is 0 Å². The Morgan fingerprint density at radius 3 is 2.53 bits per heavy atom. The topological polar surface area (TPSA) is 9.23 Å². The molecule has 0 aromatic heterocycles. The zero-order valence-corrected chi connectivity index (χ0v) is 9.96. The van der Waals surface area contributed by atoms with Crippen molar-refractivity contribution in [3.05, 3.63) is 29.8 Å². The van der Waals surface area contributed by atoms with Crippen LogP contribution in [0.25, 0.3) is 0 Å². The van der Waals surface area contributed by atoms with Gasteiger partial charge in [0.1, 0.15) is 5.75 Å². The van der Waals surface area contributed by atoms with Crippen molar-refractivity contribution in [1.29, 1.82) is 0 Å². The second kappa shape index (κ2) is 7.33. The number of hydrogen-bond donors (Lipinski definition) is 0. The summed E-state index contributed by atoms with van der Waals surface area (Å²) in [4.78, 5) is 0. The van der Waals surface area contributed by atoms with E-state index in [2.05, 4.69) is 25.1 Å². The van der Waals surface area contributed by atoms with Gasteiger partial charge in [-0.1, -0.05) is 44.4 Å². The van der Waals surface area contributed by atoms with E-state index in [-0.39, 0.29) is 0 Å². The molecule has 0 aliphatic rings. The minimum absolute atomic E-state index is 0.756. The van der Waals surface area contributed by atoms with Gasteiger partial charge in [0, 0.05) is 0 Å². The second-order valence-electron chi connectivity index (χ2n) is 3.85. The quantitative estimate of drug-likeness (QED) is 0.607. The van der Waals surface area contributed by atoms with Crippen molar-refractivity contribution in [2.75, 3.05) is 6.61 Å². The van der Waals surface area contributed by atoms with Gasteiger partial charge in [-0.2, -0.15) is 0 Å². The molecule has 15 heavy (non-hydrogen) atoms. The largest absolute Gasteiger partial charge is 0.494 e. The normalized spacial score (nSPS) is 10.3. The van der Waals surface area contributed by atoms with Crippen LogP contribution in [0.3, 0.4) is 0 Å². The number of ether oxygens (including phenoxy) is 1. The van der Waals surface area contributed by atoms with Crippen LogP contribution in [0.4, 0.5) is 0 Å². The first-order valence-electron chi connectivity index (χ1n) is 6.09. The van der Waals surface area contributed by atoms with E-state index < -0.39 is 0 Å². The molecular weight excluding hydrogens is 184 g/mol. The number of para-hydroxylation sites is 1. The number of unbranched alkanes of at least 4 members (excludes halogenated alkanes) is 3. The highest BCUT2D eigenvalue weighted by molar-refractivity contribution is 5.33. The van der Waals surface area contributed by atoms with Crippen molar-refractivity contribution in [3.8, 4) is 5.75 Å². The lowest BCUT2D eigenvalue weighted by atomic mass is 10.1. The number of rotatable bonds is 7. The maximum absolute atomic E-state index is 5.59. The molecule has 0 spiro atoms. The average molecular weight is 206 g/mol. The molecule has 0 heterocycles. The molecule has 0 saturated heterocycles. The van der Waals surface area contributed by atoms with E-state index in [9.17, 15) is 0 Å². The lowest BCUT2D eigenvalue weighted by Crippen LogP contribution is -1.96. The Morgan fingerprint density at radius 1 is 1.00 bits per heavy atom. The maximum Gasteiger partial charge on any atom is 0.122 e. The number of benzene rings is 1. The number of hydrogen-bond acceptors (Lipinski definition) is 1. The highest BCUT2D eigenvalue weighted by Crippen LogP contribution is 2.20. The predicted molar refractivity (Wildman–Crippen MR) is 65.5 cm³/mol. The summed E-state index contributed by atoms with van der Waals surface area (Å²) in [5.74, 6) is 1.07. The first kappa shape index (κ1) is 12.1. The molecule has 0 N–H and O–H groups in total. The molecule has 0 fully saturated rings. The lowest BCUT2D eigenvalue weighted by Gasteiger charge is -2.09. The summed E-state index contributed by atoms with van der Waals surface area (Å²) in [6.45, 7) is 5.04. The van der Waals surface area contributed by atoms with E-state index in [1.165, 1.54) is 31.2 Å². The summed E-state index contributed by atoms with van der Waals surface area (Å²) in [7, 11) is 0. The molecule has 0 saturated carbocycles. The zero-order valence-electron chi connectivity index (χ0n) is 9.96. The van der Waals surface area contributed by atoms with E-state index >= 15 is 0 Å². The molecule has 84 valence electrons. The minimum Gasteiger partial charge on any atom is -0.494 e. The molecule has 0 aliphatic carbocycles. The second-order valence-corrected chi connectivity index (χ2v) is 3.85. The Morgan fingerprint density at radius 2 is 1.80 bits per heavy atom. The fourth-order valence-corrected chi connectivity index (χ4v) is 1.75. The van der Waals surface area contributed by atoms with Gasteiger partial charge in [0.2, 0.25) is 0 Å². The standard InChI is InChI=1S/C14H22O/c1-3-5-6-7-10-13-11-8-9-12-14(13)15-4-2/h8-9,11-12H,3-7,10H2,1-2H3. The third-order valence-corrected chi connectivity index (χ3v) is 2.57. The highest BCUT2D eigenvalue weighted by atomic mass is 16.5. The molecule has 0 radical (unpaired) electrons. The van der Waals surface area contributed by atoms with Crippen molar-refractivity contribution in [2.45, 2.75) is 46.0 Å². The van der Waals surface area contributed by atoms with Crippen LogP contribution < -0.4 is 4.74 Å². The van der Waals surface area contributed by atoms with Crippen LogP contribution in [-0.2, 0) is 6.42 Å². The summed E-state index contributed by atoms with van der Waals surface area (Å²) in [6.07, 6.45) is 6.40. The van der Waals surface area contributed by atoms with Crippen molar-refractivity contribution >= 4 is 0 Å². The van der Waals surface area contributed by atoms with Gasteiger partial charge >= 0.3 is 0 Å². The summed E-state index contributed by atoms with van der Waals surface area (Å²) >= 11 is 0. The smallest absolute Gasteiger partial charge is 0.122 e. The van der Waals surface area contributed by atoms with Crippen molar-refractivity contribution < 1.29 is 4.74 Å². The first-order chi connectivity index (χ1) is 7.38. The van der Waals surface area contributed by atoms with Gasteiger partial charge in [-0.05, 0) is 31.4 Å². The van der Waals surface area contributed by atoms with Crippen LogP contribution in [0.15, 0.2) is 24.3 Å². The van der Waals surface area contributed by atoms with Crippen LogP contribution >= 0.6 is 0 Å². The lowest BCUT2D eigenvalue weighted by molar-refractivity contribution is 0.336. The summed E-state index contributed by atoms with van der Waals surface area (Å²) in [6, 6.07) is 8.38. The monoisotopic (exact) mass is 206 g/mol. The summed E-state index contributed by atoms with van der Waals surface area (Å²) in [5.41, 5.74) is 1.36. The third-order valence-electron chi connectivity index (χ3n) is 2.57. The number of aryl methyl sites for hydroxylation is 1.